The highest BCUT2D eigenvalue weighted by Crippen LogP contribution is 2.28. The molecule has 0 spiro atoms. The zero-order valence-corrected chi connectivity index (χ0v) is 13.5. The van der Waals surface area contributed by atoms with Crippen molar-refractivity contribution in [1.82, 2.24) is 10.3 Å². The summed E-state index contributed by atoms with van der Waals surface area (Å²) in [5.74, 6) is 0. The lowest BCUT2D eigenvalue weighted by molar-refractivity contribution is 0.585. The van der Waals surface area contributed by atoms with Crippen molar-refractivity contribution in [3.05, 3.63) is 63.0 Å². The number of aromatic nitrogens is 1. The zero-order chi connectivity index (χ0) is 13.9. The van der Waals surface area contributed by atoms with Gasteiger partial charge in [-0.1, -0.05) is 24.3 Å². The van der Waals surface area contributed by atoms with E-state index in [1.54, 1.807) is 11.3 Å². The van der Waals surface area contributed by atoms with Crippen LogP contribution in [0.2, 0.25) is 0 Å². The Hall–Kier alpha value is -1.23. The quantitative estimate of drug-likeness (QED) is 0.748. The van der Waals surface area contributed by atoms with Crippen LogP contribution in [0.15, 0.2) is 52.4 Å². The van der Waals surface area contributed by atoms with Gasteiger partial charge >= 0.3 is 0 Å². The third-order valence-electron chi connectivity index (χ3n) is 3.41. The first-order valence-corrected chi connectivity index (χ1v) is 8.19. The Balaban J connectivity index is 1.98. The number of halogens is 1. The first-order chi connectivity index (χ1) is 9.78. The molecule has 0 fully saturated rings. The minimum Gasteiger partial charge on any atom is -0.311 e. The first-order valence-electron chi connectivity index (χ1n) is 6.52. The average molecular weight is 347 g/mol. The number of thiophene rings is 1. The number of benzene rings is 1. The van der Waals surface area contributed by atoms with Gasteiger partial charge in [0.05, 0.1) is 11.7 Å². The lowest BCUT2D eigenvalue weighted by Gasteiger charge is -2.16. The molecule has 1 aromatic carbocycles. The molecule has 1 N–H and O–H groups in total. The molecular formula is C16H15BrN2S. The van der Waals surface area contributed by atoms with E-state index in [4.69, 9.17) is 0 Å². The average Bonchev–Trinajstić information content (AvgIpc) is 2.89. The molecule has 0 aliphatic rings. The van der Waals surface area contributed by atoms with Crippen LogP contribution in [-0.4, -0.2) is 12.0 Å². The summed E-state index contributed by atoms with van der Waals surface area (Å²) in [5, 5.41) is 7.99. The van der Waals surface area contributed by atoms with Gasteiger partial charge in [0.15, 0.2) is 0 Å². The van der Waals surface area contributed by atoms with Gasteiger partial charge in [-0.05, 0) is 40.5 Å². The molecule has 4 heteroatoms. The molecule has 1 unspecified atom stereocenters. The highest BCUT2D eigenvalue weighted by atomic mass is 79.9. The van der Waals surface area contributed by atoms with Crippen LogP contribution in [0, 0.1) is 0 Å². The maximum absolute atomic E-state index is 4.61. The Morgan fingerprint density at radius 3 is 2.90 bits per heavy atom. The number of pyridine rings is 1. The molecule has 2 aromatic heterocycles. The predicted molar refractivity (Wildman–Crippen MR) is 89.3 cm³/mol. The van der Waals surface area contributed by atoms with Crippen molar-refractivity contribution in [3.8, 4) is 0 Å². The van der Waals surface area contributed by atoms with Gasteiger partial charge in [0.25, 0.3) is 0 Å². The molecular weight excluding hydrogens is 332 g/mol. The third-order valence-corrected chi connectivity index (χ3v) is 5.13. The van der Waals surface area contributed by atoms with Crippen molar-refractivity contribution in [2.45, 2.75) is 12.5 Å². The van der Waals surface area contributed by atoms with E-state index in [9.17, 15) is 0 Å². The molecule has 0 saturated heterocycles. The van der Waals surface area contributed by atoms with Crippen LogP contribution in [0.3, 0.4) is 0 Å². The number of nitrogens with one attached hydrogen (secondary N) is 1. The van der Waals surface area contributed by atoms with Crippen molar-refractivity contribution in [2.75, 3.05) is 7.05 Å². The maximum Gasteiger partial charge on any atom is 0.0654 e. The number of hydrogen-bond donors (Lipinski definition) is 1. The van der Waals surface area contributed by atoms with E-state index in [1.165, 1.54) is 15.6 Å². The fraction of sp³-hybridized carbons (Fsp3) is 0.188. The van der Waals surface area contributed by atoms with Crippen molar-refractivity contribution in [3.63, 3.8) is 0 Å². The summed E-state index contributed by atoms with van der Waals surface area (Å²) in [6, 6.07) is 12.9. The molecule has 2 heterocycles. The topological polar surface area (TPSA) is 24.9 Å². The smallest absolute Gasteiger partial charge is 0.0654 e. The van der Waals surface area contributed by atoms with E-state index in [-0.39, 0.29) is 6.04 Å². The summed E-state index contributed by atoms with van der Waals surface area (Å²) < 4.78 is 1.15. The Morgan fingerprint density at radius 1 is 1.30 bits per heavy atom. The molecule has 102 valence electrons. The van der Waals surface area contributed by atoms with Crippen molar-refractivity contribution in [2.24, 2.45) is 0 Å². The number of nitrogens with zero attached hydrogens (tertiary/aromatic N) is 1. The van der Waals surface area contributed by atoms with Gasteiger partial charge in [0.1, 0.15) is 0 Å². The fourth-order valence-corrected chi connectivity index (χ4v) is 3.92. The number of fused-ring (bicyclic) bond motifs is 1. The third kappa shape index (κ3) is 2.77. The van der Waals surface area contributed by atoms with Crippen molar-refractivity contribution in [1.29, 1.82) is 0 Å². The Bertz CT molecular complexity index is 718. The molecule has 0 radical (unpaired) electrons. The van der Waals surface area contributed by atoms with Crippen LogP contribution in [0.25, 0.3) is 10.8 Å². The van der Waals surface area contributed by atoms with Gasteiger partial charge in [-0.25, -0.2) is 0 Å². The summed E-state index contributed by atoms with van der Waals surface area (Å²) in [6.07, 6.45) is 2.85. The van der Waals surface area contributed by atoms with Crippen LogP contribution in [0.4, 0.5) is 0 Å². The second kappa shape index (κ2) is 6.04. The van der Waals surface area contributed by atoms with E-state index in [1.807, 2.05) is 13.2 Å². The van der Waals surface area contributed by atoms with Gasteiger partial charge in [0.2, 0.25) is 0 Å². The van der Waals surface area contributed by atoms with E-state index >= 15 is 0 Å². The Morgan fingerprint density at radius 2 is 2.15 bits per heavy atom. The lowest BCUT2D eigenvalue weighted by atomic mass is 10.0. The molecule has 20 heavy (non-hydrogen) atoms. The van der Waals surface area contributed by atoms with Crippen LogP contribution in [-0.2, 0) is 6.42 Å². The summed E-state index contributed by atoms with van der Waals surface area (Å²) in [4.78, 5) is 5.96. The molecule has 2 nitrogen and oxygen atoms in total. The monoisotopic (exact) mass is 346 g/mol. The normalized spacial score (nSPS) is 12.7. The maximum atomic E-state index is 4.61. The second-order valence-corrected chi connectivity index (χ2v) is 6.61. The van der Waals surface area contributed by atoms with Crippen LogP contribution >= 0.6 is 27.3 Å². The summed E-state index contributed by atoms with van der Waals surface area (Å²) in [5.41, 5.74) is 1.12. The van der Waals surface area contributed by atoms with Crippen molar-refractivity contribution < 1.29 is 0 Å². The molecule has 0 saturated carbocycles. The Kier molecular flexibility index (Phi) is 4.15. The van der Waals surface area contributed by atoms with Crippen LogP contribution < -0.4 is 5.32 Å². The standard InChI is InChI=1S/C16H15BrN2S/c1-18-15(9-13-8-12(17)10-20-13)16-14-5-3-2-4-11(14)6-7-19-16/h2-8,10,15,18H,9H2,1H3. The highest BCUT2D eigenvalue weighted by Gasteiger charge is 2.15. The highest BCUT2D eigenvalue weighted by molar-refractivity contribution is 9.10. The van der Waals surface area contributed by atoms with E-state index < -0.39 is 0 Å². The van der Waals surface area contributed by atoms with Crippen LogP contribution in [0.5, 0.6) is 0 Å². The summed E-state index contributed by atoms with van der Waals surface area (Å²) >= 11 is 5.29. The number of rotatable bonds is 4. The SMILES string of the molecule is CNC(Cc1cc(Br)cs1)c1nccc2ccccc12. The van der Waals surface area contributed by atoms with Gasteiger partial charge in [0, 0.05) is 32.7 Å². The lowest BCUT2D eigenvalue weighted by Crippen LogP contribution is -2.20. The summed E-state index contributed by atoms with van der Waals surface area (Å²) in [6.45, 7) is 0. The van der Waals surface area contributed by atoms with Gasteiger partial charge in [-0.2, -0.15) is 0 Å². The van der Waals surface area contributed by atoms with Crippen molar-refractivity contribution >= 4 is 38.0 Å². The van der Waals surface area contributed by atoms with Gasteiger partial charge in [-0.15, -0.1) is 11.3 Å². The van der Waals surface area contributed by atoms with E-state index in [2.05, 4.69) is 68.0 Å². The van der Waals surface area contributed by atoms with Crippen LogP contribution in [0.1, 0.15) is 16.6 Å². The van der Waals surface area contributed by atoms with Gasteiger partial charge in [-0.3, -0.25) is 4.98 Å². The minimum absolute atomic E-state index is 0.228. The fourth-order valence-electron chi connectivity index (χ4n) is 2.42. The zero-order valence-electron chi connectivity index (χ0n) is 11.1. The molecule has 0 aliphatic heterocycles. The number of hydrogen-bond acceptors (Lipinski definition) is 3. The predicted octanol–water partition coefficient (Wildman–Crippen LogP) is 4.56. The molecule has 3 rings (SSSR count). The molecule has 3 aromatic rings. The van der Waals surface area contributed by atoms with Gasteiger partial charge < -0.3 is 5.32 Å². The first kappa shape index (κ1) is 13.7. The Labute approximate surface area is 131 Å². The molecule has 0 amide bonds. The molecule has 0 bridgehead atoms. The minimum atomic E-state index is 0.228. The summed E-state index contributed by atoms with van der Waals surface area (Å²) in [7, 11) is 2.00. The largest absolute Gasteiger partial charge is 0.311 e. The number of likely N-dealkylation sites (N-methyl/N-ethyl adjacent to an activating group) is 1. The molecule has 1 atom stereocenters. The second-order valence-electron chi connectivity index (χ2n) is 4.69. The van der Waals surface area contributed by atoms with E-state index in [0.717, 1.165) is 16.6 Å². The van der Waals surface area contributed by atoms with E-state index in [0.29, 0.717) is 0 Å². The molecule has 0 aliphatic carbocycles.